The molecule has 0 radical (unpaired) electrons. The highest BCUT2D eigenvalue weighted by Gasteiger charge is 2.25. The molecule has 0 atom stereocenters. The molecule has 0 amide bonds. The first kappa shape index (κ1) is 6.47. The van der Waals surface area contributed by atoms with Crippen molar-refractivity contribution in [3.63, 3.8) is 0 Å². The third-order valence-electron chi connectivity index (χ3n) is 3.15. The Hall–Kier alpha value is -1.04. The Morgan fingerprint density at radius 3 is 2.75 bits per heavy atom. The van der Waals surface area contributed by atoms with Crippen LogP contribution in [0.5, 0.6) is 0 Å². The number of allylic oxidation sites excluding steroid dienone is 8. The zero-order chi connectivity index (χ0) is 8.13. The van der Waals surface area contributed by atoms with E-state index in [4.69, 9.17) is 0 Å². The molecule has 0 heteroatoms. The van der Waals surface area contributed by atoms with Crippen LogP contribution in [-0.4, -0.2) is 0 Å². The Morgan fingerprint density at radius 1 is 1.08 bits per heavy atom. The van der Waals surface area contributed by atoms with Crippen LogP contribution in [0.25, 0.3) is 0 Å². The second-order valence-corrected chi connectivity index (χ2v) is 3.89. The molecule has 0 aromatic rings. The van der Waals surface area contributed by atoms with Crippen LogP contribution >= 0.6 is 0 Å². The molecule has 12 heavy (non-hydrogen) atoms. The van der Waals surface area contributed by atoms with Gasteiger partial charge in [0.25, 0.3) is 0 Å². The summed E-state index contributed by atoms with van der Waals surface area (Å²) < 4.78 is 0. The lowest BCUT2D eigenvalue weighted by Crippen LogP contribution is -2.05. The van der Waals surface area contributed by atoms with Gasteiger partial charge in [-0.15, -0.1) is 0 Å². The molecule has 0 N–H and O–H groups in total. The first-order chi connectivity index (χ1) is 5.84. The summed E-state index contributed by atoms with van der Waals surface area (Å²) in [6, 6.07) is 0. The predicted octanol–water partition coefficient (Wildman–Crippen LogP) is 3.29. The maximum absolute atomic E-state index is 2.33. The van der Waals surface area contributed by atoms with Gasteiger partial charge in [0.1, 0.15) is 0 Å². The van der Waals surface area contributed by atoms with Gasteiger partial charge in [-0.05, 0) is 54.1 Å². The quantitative estimate of drug-likeness (QED) is 0.505. The lowest BCUT2D eigenvalue weighted by atomic mass is 9.81. The zero-order valence-corrected chi connectivity index (χ0v) is 7.35. The normalized spacial score (nSPS) is 25.2. The summed E-state index contributed by atoms with van der Waals surface area (Å²) in [5.41, 5.74) is 7.86. The molecule has 3 rings (SSSR count). The van der Waals surface area contributed by atoms with Gasteiger partial charge in [0.15, 0.2) is 0 Å². The predicted molar refractivity (Wildman–Crippen MR) is 50.8 cm³/mol. The molecule has 3 aliphatic rings. The van der Waals surface area contributed by atoms with Gasteiger partial charge < -0.3 is 0 Å². The van der Waals surface area contributed by atoms with Crippen LogP contribution < -0.4 is 0 Å². The van der Waals surface area contributed by atoms with E-state index in [-0.39, 0.29) is 0 Å². The van der Waals surface area contributed by atoms with Crippen LogP contribution in [0.15, 0.2) is 46.1 Å². The number of fused-ring (bicyclic) bond motifs is 3. The lowest BCUT2D eigenvalue weighted by Gasteiger charge is -2.24. The van der Waals surface area contributed by atoms with Crippen molar-refractivity contribution in [3.8, 4) is 0 Å². The standard InChI is InChI=1S/C12H12/c1-8-6-9-2-3-10-4-5-11(10)12(8)7-9/h2-3,6H,4-5,7H2,1H3. The summed E-state index contributed by atoms with van der Waals surface area (Å²) >= 11 is 0. The van der Waals surface area contributed by atoms with Crippen molar-refractivity contribution in [2.75, 3.05) is 0 Å². The molecule has 60 valence electrons. The van der Waals surface area contributed by atoms with Crippen molar-refractivity contribution in [2.24, 2.45) is 0 Å². The van der Waals surface area contributed by atoms with Crippen LogP contribution in [0.3, 0.4) is 0 Å². The average Bonchev–Trinajstić information content (AvgIpc) is 2.25. The molecule has 1 saturated carbocycles. The molecule has 2 bridgehead atoms. The monoisotopic (exact) mass is 156 g/mol. The number of hydrogen-bond acceptors (Lipinski definition) is 0. The van der Waals surface area contributed by atoms with Crippen molar-refractivity contribution in [1.29, 1.82) is 0 Å². The molecule has 0 aromatic heterocycles. The molecule has 0 aliphatic heterocycles. The Labute approximate surface area is 73.0 Å². The largest absolute Gasteiger partial charge is 0.0585 e. The van der Waals surface area contributed by atoms with E-state index in [1.807, 2.05) is 0 Å². The third-order valence-corrected chi connectivity index (χ3v) is 3.15. The summed E-state index contributed by atoms with van der Waals surface area (Å²) in [6.45, 7) is 2.24. The maximum atomic E-state index is 2.33. The number of rotatable bonds is 0. The summed E-state index contributed by atoms with van der Waals surface area (Å²) in [5.74, 6) is 0. The van der Waals surface area contributed by atoms with Gasteiger partial charge in [-0.3, -0.25) is 0 Å². The molecule has 3 aliphatic carbocycles. The summed E-state index contributed by atoms with van der Waals surface area (Å²) in [7, 11) is 0. The fourth-order valence-electron chi connectivity index (χ4n) is 2.34. The average molecular weight is 156 g/mol. The first-order valence-corrected chi connectivity index (χ1v) is 4.65. The van der Waals surface area contributed by atoms with E-state index < -0.39 is 0 Å². The van der Waals surface area contributed by atoms with Gasteiger partial charge in [-0.1, -0.05) is 18.2 Å². The van der Waals surface area contributed by atoms with E-state index in [0.29, 0.717) is 0 Å². The Morgan fingerprint density at radius 2 is 2.00 bits per heavy atom. The van der Waals surface area contributed by atoms with Crippen LogP contribution in [-0.2, 0) is 0 Å². The van der Waals surface area contributed by atoms with E-state index in [1.165, 1.54) is 30.4 Å². The minimum Gasteiger partial charge on any atom is -0.0585 e. The van der Waals surface area contributed by atoms with Gasteiger partial charge in [0.05, 0.1) is 0 Å². The van der Waals surface area contributed by atoms with Crippen molar-refractivity contribution in [2.45, 2.75) is 26.2 Å². The fraction of sp³-hybridized carbons (Fsp3) is 0.333. The second-order valence-electron chi connectivity index (χ2n) is 3.89. The highest BCUT2D eigenvalue weighted by Crippen LogP contribution is 2.44. The summed E-state index contributed by atoms with van der Waals surface area (Å²) in [6.07, 6.45) is 10.7. The molecule has 0 spiro atoms. The van der Waals surface area contributed by atoms with Gasteiger partial charge in [0.2, 0.25) is 0 Å². The van der Waals surface area contributed by atoms with Crippen molar-refractivity contribution < 1.29 is 0 Å². The molecule has 0 unspecified atom stereocenters. The van der Waals surface area contributed by atoms with Crippen molar-refractivity contribution in [1.82, 2.24) is 0 Å². The van der Waals surface area contributed by atoms with Gasteiger partial charge in [-0.2, -0.15) is 0 Å². The molecular weight excluding hydrogens is 144 g/mol. The topological polar surface area (TPSA) is 0 Å². The molecule has 0 saturated heterocycles. The van der Waals surface area contributed by atoms with Gasteiger partial charge in [-0.25, -0.2) is 0 Å². The van der Waals surface area contributed by atoms with Crippen LogP contribution in [0.4, 0.5) is 0 Å². The van der Waals surface area contributed by atoms with Gasteiger partial charge in [0, 0.05) is 0 Å². The fourth-order valence-corrected chi connectivity index (χ4v) is 2.34. The van der Waals surface area contributed by atoms with Crippen molar-refractivity contribution in [3.05, 3.63) is 46.1 Å². The summed E-state index contributed by atoms with van der Waals surface area (Å²) in [4.78, 5) is 0. The summed E-state index contributed by atoms with van der Waals surface area (Å²) in [5, 5.41) is 0. The highest BCUT2D eigenvalue weighted by atomic mass is 14.3. The zero-order valence-electron chi connectivity index (χ0n) is 7.35. The SMILES string of the molecule is CC1=CC2=CC=C3CCC3=C1C2. The highest BCUT2D eigenvalue weighted by molar-refractivity contribution is 5.60. The second kappa shape index (κ2) is 2.01. The molecule has 0 heterocycles. The van der Waals surface area contributed by atoms with Crippen molar-refractivity contribution >= 4 is 0 Å². The van der Waals surface area contributed by atoms with Crippen LogP contribution in [0.1, 0.15) is 26.2 Å². The smallest absolute Gasteiger partial charge is 0.00202 e. The molecule has 1 fully saturated rings. The third kappa shape index (κ3) is 0.677. The Kier molecular flexibility index (Phi) is 1.08. The molecule has 0 nitrogen and oxygen atoms in total. The van der Waals surface area contributed by atoms with E-state index >= 15 is 0 Å². The van der Waals surface area contributed by atoms with E-state index in [0.717, 1.165) is 0 Å². The Bertz CT molecular complexity index is 373. The molecule has 0 aromatic carbocycles. The van der Waals surface area contributed by atoms with Crippen LogP contribution in [0, 0.1) is 0 Å². The van der Waals surface area contributed by atoms with E-state index in [2.05, 4.69) is 25.2 Å². The minimum atomic E-state index is 1.20. The number of hydrogen-bond donors (Lipinski definition) is 0. The minimum absolute atomic E-state index is 1.20. The van der Waals surface area contributed by atoms with Gasteiger partial charge >= 0.3 is 0 Å². The maximum Gasteiger partial charge on any atom is -0.00202 e. The first-order valence-electron chi connectivity index (χ1n) is 4.65. The van der Waals surface area contributed by atoms with E-state index in [9.17, 15) is 0 Å². The van der Waals surface area contributed by atoms with Crippen LogP contribution in [0.2, 0.25) is 0 Å². The van der Waals surface area contributed by atoms with E-state index in [1.54, 1.807) is 16.7 Å². The lowest BCUT2D eigenvalue weighted by molar-refractivity contribution is 0.808. The molecular formula is C12H12. The Balaban J connectivity index is 2.25.